The molecular weight excluding hydrogens is 256 g/mol. The number of hydrogen-bond donors (Lipinski definition) is 1. The first-order valence-corrected chi connectivity index (χ1v) is 7.29. The van der Waals surface area contributed by atoms with E-state index in [1.54, 1.807) is 11.8 Å². The third-order valence-electron chi connectivity index (χ3n) is 2.99. The van der Waals surface area contributed by atoms with Gasteiger partial charge in [-0.2, -0.15) is 5.10 Å². The lowest BCUT2D eigenvalue weighted by atomic mass is 10.1. The first-order chi connectivity index (χ1) is 9.08. The molecule has 2 rings (SSSR count). The molecule has 0 saturated carbocycles. The molecule has 102 valence electrons. The fourth-order valence-electron chi connectivity index (χ4n) is 1.83. The molecule has 0 bridgehead atoms. The monoisotopic (exact) mass is 276 g/mol. The average molecular weight is 276 g/mol. The summed E-state index contributed by atoms with van der Waals surface area (Å²) in [7, 11) is 1.95. The van der Waals surface area contributed by atoms with Gasteiger partial charge in [-0.15, -0.1) is 0 Å². The SMILES string of the molecule is CCC(N)Cc1ccc(Sc2cc(C)nn2C)nc1. The van der Waals surface area contributed by atoms with E-state index in [2.05, 4.69) is 29.1 Å². The maximum atomic E-state index is 5.94. The van der Waals surface area contributed by atoms with Crippen LogP contribution in [0.4, 0.5) is 0 Å². The molecule has 1 atom stereocenters. The van der Waals surface area contributed by atoms with Crippen LogP contribution in [0.5, 0.6) is 0 Å². The van der Waals surface area contributed by atoms with Crippen LogP contribution in [-0.4, -0.2) is 20.8 Å². The van der Waals surface area contributed by atoms with Crippen molar-refractivity contribution in [2.45, 2.75) is 42.8 Å². The maximum absolute atomic E-state index is 5.94. The molecule has 0 saturated heterocycles. The summed E-state index contributed by atoms with van der Waals surface area (Å²) in [6.45, 7) is 4.10. The van der Waals surface area contributed by atoms with Gasteiger partial charge in [0.05, 0.1) is 5.69 Å². The van der Waals surface area contributed by atoms with Gasteiger partial charge in [0.25, 0.3) is 0 Å². The van der Waals surface area contributed by atoms with Crippen LogP contribution in [0.1, 0.15) is 24.6 Å². The van der Waals surface area contributed by atoms with E-state index in [0.717, 1.165) is 28.6 Å². The van der Waals surface area contributed by atoms with Crippen LogP contribution in [-0.2, 0) is 13.5 Å². The van der Waals surface area contributed by atoms with Crippen LogP contribution in [0.3, 0.4) is 0 Å². The van der Waals surface area contributed by atoms with E-state index < -0.39 is 0 Å². The Morgan fingerprint density at radius 2 is 2.21 bits per heavy atom. The molecule has 0 radical (unpaired) electrons. The summed E-state index contributed by atoms with van der Waals surface area (Å²) >= 11 is 1.63. The second-order valence-corrected chi connectivity index (χ2v) is 5.77. The molecule has 2 aromatic heterocycles. The Morgan fingerprint density at radius 3 is 2.74 bits per heavy atom. The third kappa shape index (κ3) is 3.81. The standard InChI is InChI=1S/C14H20N4S/c1-4-12(15)8-11-5-6-13(16-9-11)19-14-7-10(2)17-18(14)3/h5-7,9,12H,4,8,15H2,1-3H3. The van der Waals surface area contributed by atoms with Crippen LogP contribution < -0.4 is 5.73 Å². The molecule has 19 heavy (non-hydrogen) atoms. The van der Waals surface area contributed by atoms with E-state index >= 15 is 0 Å². The van der Waals surface area contributed by atoms with E-state index in [1.807, 2.05) is 30.9 Å². The van der Waals surface area contributed by atoms with Gasteiger partial charge in [-0.3, -0.25) is 4.68 Å². The highest BCUT2D eigenvalue weighted by molar-refractivity contribution is 7.99. The summed E-state index contributed by atoms with van der Waals surface area (Å²) in [5, 5.41) is 6.41. The lowest BCUT2D eigenvalue weighted by Gasteiger charge is -2.08. The summed E-state index contributed by atoms with van der Waals surface area (Å²) in [6.07, 6.45) is 3.80. The molecule has 2 heterocycles. The van der Waals surface area contributed by atoms with Crippen molar-refractivity contribution in [3.05, 3.63) is 35.7 Å². The Morgan fingerprint density at radius 1 is 1.42 bits per heavy atom. The molecule has 5 heteroatoms. The van der Waals surface area contributed by atoms with Crippen molar-refractivity contribution < 1.29 is 0 Å². The summed E-state index contributed by atoms with van der Waals surface area (Å²) in [5.74, 6) is 0. The van der Waals surface area contributed by atoms with Gasteiger partial charge >= 0.3 is 0 Å². The lowest BCUT2D eigenvalue weighted by Crippen LogP contribution is -2.21. The van der Waals surface area contributed by atoms with Gasteiger partial charge < -0.3 is 5.73 Å². The highest BCUT2D eigenvalue weighted by Crippen LogP contribution is 2.26. The fourth-order valence-corrected chi connectivity index (χ4v) is 2.69. The maximum Gasteiger partial charge on any atom is 0.102 e. The van der Waals surface area contributed by atoms with Crippen molar-refractivity contribution in [2.75, 3.05) is 0 Å². The van der Waals surface area contributed by atoms with E-state index in [4.69, 9.17) is 5.73 Å². The number of aryl methyl sites for hydroxylation is 2. The van der Waals surface area contributed by atoms with Crippen molar-refractivity contribution in [3.8, 4) is 0 Å². The Bertz CT molecular complexity index is 533. The quantitative estimate of drug-likeness (QED) is 0.912. The minimum Gasteiger partial charge on any atom is -0.327 e. The van der Waals surface area contributed by atoms with Gasteiger partial charge in [0.15, 0.2) is 0 Å². The summed E-state index contributed by atoms with van der Waals surface area (Å²) in [6, 6.07) is 6.44. The van der Waals surface area contributed by atoms with Crippen molar-refractivity contribution in [2.24, 2.45) is 12.8 Å². The molecule has 2 aromatic rings. The molecular formula is C14H20N4S. The van der Waals surface area contributed by atoms with Gasteiger partial charge in [0.2, 0.25) is 0 Å². The number of pyridine rings is 1. The molecule has 0 fully saturated rings. The van der Waals surface area contributed by atoms with Gasteiger partial charge in [-0.25, -0.2) is 4.98 Å². The summed E-state index contributed by atoms with van der Waals surface area (Å²) in [4.78, 5) is 4.48. The molecule has 4 nitrogen and oxygen atoms in total. The predicted molar refractivity (Wildman–Crippen MR) is 78.3 cm³/mol. The van der Waals surface area contributed by atoms with Crippen molar-refractivity contribution in [1.29, 1.82) is 0 Å². The molecule has 1 unspecified atom stereocenters. The van der Waals surface area contributed by atoms with Crippen LogP contribution >= 0.6 is 11.8 Å². The average Bonchev–Trinajstić information content (AvgIpc) is 2.70. The number of nitrogens with zero attached hydrogens (tertiary/aromatic N) is 3. The molecule has 0 aliphatic carbocycles. The third-order valence-corrected chi connectivity index (χ3v) is 4.03. The van der Waals surface area contributed by atoms with E-state index in [0.29, 0.717) is 0 Å². The minimum absolute atomic E-state index is 0.222. The van der Waals surface area contributed by atoms with Crippen molar-refractivity contribution in [3.63, 3.8) is 0 Å². The van der Waals surface area contributed by atoms with Gasteiger partial charge in [-0.05, 0) is 37.5 Å². The normalized spacial score (nSPS) is 12.6. The van der Waals surface area contributed by atoms with Crippen LogP contribution in [0, 0.1) is 6.92 Å². The molecule has 0 aromatic carbocycles. The van der Waals surface area contributed by atoms with E-state index in [1.165, 1.54) is 5.56 Å². The first-order valence-electron chi connectivity index (χ1n) is 6.47. The zero-order valence-corrected chi connectivity index (χ0v) is 12.4. The minimum atomic E-state index is 0.222. The van der Waals surface area contributed by atoms with Gasteiger partial charge in [0.1, 0.15) is 10.1 Å². The Labute approximate surface area is 118 Å². The predicted octanol–water partition coefficient (Wildman–Crippen LogP) is 2.55. The first kappa shape index (κ1) is 14.1. The van der Waals surface area contributed by atoms with Crippen LogP contribution in [0.15, 0.2) is 34.4 Å². The zero-order valence-electron chi connectivity index (χ0n) is 11.6. The molecule has 0 spiro atoms. The zero-order chi connectivity index (χ0) is 13.8. The largest absolute Gasteiger partial charge is 0.327 e. The van der Waals surface area contributed by atoms with Gasteiger partial charge in [0, 0.05) is 19.3 Å². The van der Waals surface area contributed by atoms with Gasteiger partial charge in [-0.1, -0.05) is 24.8 Å². The molecule has 0 amide bonds. The molecule has 0 aliphatic rings. The summed E-state index contributed by atoms with van der Waals surface area (Å²) in [5.41, 5.74) is 8.16. The van der Waals surface area contributed by atoms with Crippen molar-refractivity contribution in [1.82, 2.24) is 14.8 Å². The van der Waals surface area contributed by atoms with Crippen LogP contribution in [0.2, 0.25) is 0 Å². The Hall–Kier alpha value is -1.33. The highest BCUT2D eigenvalue weighted by Gasteiger charge is 2.06. The number of aromatic nitrogens is 3. The topological polar surface area (TPSA) is 56.7 Å². The smallest absolute Gasteiger partial charge is 0.102 e. The molecule has 0 aliphatic heterocycles. The van der Waals surface area contributed by atoms with Crippen molar-refractivity contribution >= 4 is 11.8 Å². The van der Waals surface area contributed by atoms with E-state index in [-0.39, 0.29) is 6.04 Å². The number of hydrogen-bond acceptors (Lipinski definition) is 4. The highest BCUT2D eigenvalue weighted by atomic mass is 32.2. The fraction of sp³-hybridized carbons (Fsp3) is 0.429. The lowest BCUT2D eigenvalue weighted by molar-refractivity contribution is 0.644. The van der Waals surface area contributed by atoms with E-state index in [9.17, 15) is 0 Å². The number of rotatable bonds is 5. The second kappa shape index (κ2) is 6.21. The molecule has 2 N–H and O–H groups in total. The Balaban J connectivity index is 2.04. The Kier molecular flexibility index (Phi) is 4.61. The second-order valence-electron chi connectivity index (χ2n) is 4.73. The van der Waals surface area contributed by atoms with Crippen LogP contribution in [0.25, 0.3) is 0 Å². The number of nitrogens with two attached hydrogens (primary N) is 1. The summed E-state index contributed by atoms with van der Waals surface area (Å²) < 4.78 is 1.88.